The molecule has 5 heteroatoms. The van der Waals surface area contributed by atoms with E-state index in [1.807, 2.05) is 11.7 Å². The van der Waals surface area contributed by atoms with Crippen LogP contribution >= 0.6 is 15.9 Å². The molecule has 1 aliphatic rings. The highest BCUT2D eigenvalue weighted by Gasteiger charge is 2.25. The fourth-order valence-electron chi connectivity index (χ4n) is 2.85. The molecule has 4 nitrogen and oxygen atoms in total. The van der Waals surface area contributed by atoms with Crippen LogP contribution in [0.1, 0.15) is 50.6 Å². The van der Waals surface area contributed by atoms with Crippen LogP contribution in [0.5, 0.6) is 0 Å². The fourth-order valence-corrected chi connectivity index (χ4v) is 3.51. The molecule has 96 valence electrons. The Morgan fingerprint density at radius 1 is 1.41 bits per heavy atom. The lowest BCUT2D eigenvalue weighted by Gasteiger charge is -2.20. The number of hydrogen-bond acceptors (Lipinski definition) is 3. The summed E-state index contributed by atoms with van der Waals surface area (Å²) in [5.41, 5.74) is 1.26. The van der Waals surface area contributed by atoms with Gasteiger partial charge >= 0.3 is 0 Å². The standard InChI is InChI=1S/C12H21BrN4/c1-3-14-10-7-5-4-6-9(8-10)11-12(13)15-16-17(11)2/h9-10,14H,3-8H2,1-2H3. The van der Waals surface area contributed by atoms with Crippen LogP contribution in [0.25, 0.3) is 0 Å². The zero-order chi connectivity index (χ0) is 12.3. The summed E-state index contributed by atoms with van der Waals surface area (Å²) in [6, 6.07) is 0.648. The van der Waals surface area contributed by atoms with Crippen molar-refractivity contribution >= 4 is 15.9 Å². The van der Waals surface area contributed by atoms with Crippen molar-refractivity contribution in [3.8, 4) is 0 Å². The minimum absolute atomic E-state index is 0.580. The first-order valence-corrected chi connectivity index (χ1v) is 7.30. The second kappa shape index (κ2) is 5.96. The van der Waals surface area contributed by atoms with Crippen molar-refractivity contribution in [2.24, 2.45) is 7.05 Å². The molecule has 17 heavy (non-hydrogen) atoms. The van der Waals surface area contributed by atoms with E-state index in [2.05, 4.69) is 38.5 Å². The summed E-state index contributed by atoms with van der Waals surface area (Å²) < 4.78 is 2.84. The molecule has 1 aromatic heterocycles. The number of halogens is 1. The molecular weight excluding hydrogens is 280 g/mol. The Labute approximate surface area is 111 Å². The first-order chi connectivity index (χ1) is 8.22. The quantitative estimate of drug-likeness (QED) is 0.873. The Hall–Kier alpha value is -0.420. The van der Waals surface area contributed by atoms with Gasteiger partial charge in [-0.2, -0.15) is 0 Å². The Balaban J connectivity index is 2.13. The molecular formula is C12H21BrN4. The first-order valence-electron chi connectivity index (χ1n) is 6.50. The Morgan fingerprint density at radius 3 is 2.82 bits per heavy atom. The molecule has 1 N–H and O–H groups in total. The SMILES string of the molecule is CCNC1CCCCC(c2c(Br)nnn2C)C1. The maximum atomic E-state index is 4.10. The number of nitrogens with zero attached hydrogens (tertiary/aromatic N) is 3. The Morgan fingerprint density at radius 2 is 2.18 bits per heavy atom. The van der Waals surface area contributed by atoms with Crippen LogP contribution in [-0.4, -0.2) is 27.6 Å². The van der Waals surface area contributed by atoms with Crippen molar-refractivity contribution < 1.29 is 0 Å². The van der Waals surface area contributed by atoms with Crippen LogP contribution in [0.2, 0.25) is 0 Å². The number of hydrogen-bond donors (Lipinski definition) is 1. The summed E-state index contributed by atoms with van der Waals surface area (Å²) in [5, 5.41) is 11.8. The average molecular weight is 301 g/mol. The van der Waals surface area contributed by atoms with E-state index < -0.39 is 0 Å². The van der Waals surface area contributed by atoms with Crippen molar-refractivity contribution in [2.45, 2.75) is 51.0 Å². The van der Waals surface area contributed by atoms with Gasteiger partial charge in [0.2, 0.25) is 0 Å². The lowest BCUT2D eigenvalue weighted by molar-refractivity contribution is 0.437. The number of nitrogens with one attached hydrogen (secondary N) is 1. The van der Waals surface area contributed by atoms with E-state index in [4.69, 9.17) is 0 Å². The van der Waals surface area contributed by atoms with Gasteiger partial charge < -0.3 is 5.32 Å². The van der Waals surface area contributed by atoms with Gasteiger partial charge in [0.15, 0.2) is 4.60 Å². The smallest absolute Gasteiger partial charge is 0.151 e. The minimum Gasteiger partial charge on any atom is -0.314 e. The van der Waals surface area contributed by atoms with Crippen molar-refractivity contribution in [1.82, 2.24) is 20.3 Å². The second-order valence-electron chi connectivity index (χ2n) is 4.86. The largest absolute Gasteiger partial charge is 0.314 e. The summed E-state index contributed by atoms with van der Waals surface area (Å²) in [6.45, 7) is 3.24. The maximum absolute atomic E-state index is 4.10. The molecule has 1 saturated carbocycles. The fraction of sp³-hybridized carbons (Fsp3) is 0.833. The highest BCUT2D eigenvalue weighted by molar-refractivity contribution is 9.10. The van der Waals surface area contributed by atoms with Crippen LogP contribution in [-0.2, 0) is 7.05 Å². The van der Waals surface area contributed by atoms with Crippen molar-refractivity contribution in [3.63, 3.8) is 0 Å². The topological polar surface area (TPSA) is 42.7 Å². The van der Waals surface area contributed by atoms with E-state index in [0.717, 1.165) is 11.1 Å². The van der Waals surface area contributed by atoms with E-state index in [1.165, 1.54) is 37.8 Å². The summed E-state index contributed by atoms with van der Waals surface area (Å²) >= 11 is 3.52. The van der Waals surface area contributed by atoms with Gasteiger partial charge in [-0.05, 0) is 41.7 Å². The van der Waals surface area contributed by atoms with Gasteiger partial charge in [0.05, 0.1) is 5.69 Å². The normalized spacial score (nSPS) is 25.8. The third-order valence-electron chi connectivity index (χ3n) is 3.63. The van der Waals surface area contributed by atoms with Crippen molar-refractivity contribution in [3.05, 3.63) is 10.3 Å². The molecule has 0 aromatic carbocycles. The lowest BCUT2D eigenvalue weighted by atomic mass is 9.95. The van der Waals surface area contributed by atoms with E-state index in [-0.39, 0.29) is 0 Å². The van der Waals surface area contributed by atoms with Gasteiger partial charge in [-0.15, -0.1) is 5.10 Å². The van der Waals surface area contributed by atoms with Crippen LogP contribution in [0, 0.1) is 0 Å². The Kier molecular flexibility index (Phi) is 4.56. The molecule has 0 amide bonds. The van der Waals surface area contributed by atoms with Gasteiger partial charge in [-0.1, -0.05) is 25.0 Å². The van der Waals surface area contributed by atoms with Gasteiger partial charge in [0.25, 0.3) is 0 Å². The number of aromatic nitrogens is 3. The first kappa shape index (κ1) is 13.0. The summed E-state index contributed by atoms with van der Waals surface area (Å²) in [6.07, 6.45) is 6.39. The van der Waals surface area contributed by atoms with Gasteiger partial charge in [-0.3, -0.25) is 4.68 Å². The highest BCUT2D eigenvalue weighted by Crippen LogP contribution is 2.34. The molecule has 1 heterocycles. The molecule has 1 fully saturated rings. The molecule has 1 aromatic rings. The van der Waals surface area contributed by atoms with Gasteiger partial charge in [-0.25, -0.2) is 0 Å². The maximum Gasteiger partial charge on any atom is 0.151 e. The lowest BCUT2D eigenvalue weighted by Crippen LogP contribution is -2.29. The molecule has 2 rings (SSSR count). The Bertz CT molecular complexity index is 344. The van der Waals surface area contributed by atoms with Crippen molar-refractivity contribution in [1.29, 1.82) is 0 Å². The molecule has 0 saturated heterocycles. The number of rotatable bonds is 3. The van der Waals surface area contributed by atoms with Crippen LogP contribution < -0.4 is 5.32 Å². The van der Waals surface area contributed by atoms with E-state index in [9.17, 15) is 0 Å². The average Bonchev–Trinajstić information content (AvgIpc) is 2.53. The zero-order valence-corrected chi connectivity index (χ0v) is 12.2. The monoisotopic (exact) mass is 300 g/mol. The molecule has 0 bridgehead atoms. The summed E-state index contributed by atoms with van der Waals surface area (Å²) in [5.74, 6) is 0.580. The minimum atomic E-state index is 0.580. The molecule has 0 aliphatic heterocycles. The summed E-state index contributed by atoms with van der Waals surface area (Å²) in [4.78, 5) is 0. The van der Waals surface area contributed by atoms with Gasteiger partial charge in [0, 0.05) is 19.0 Å². The molecule has 2 atom stereocenters. The molecule has 2 unspecified atom stereocenters. The third kappa shape index (κ3) is 3.07. The highest BCUT2D eigenvalue weighted by atomic mass is 79.9. The predicted octanol–water partition coefficient (Wildman–Crippen LogP) is 2.60. The van der Waals surface area contributed by atoms with E-state index in [1.54, 1.807) is 0 Å². The summed E-state index contributed by atoms with van der Waals surface area (Å²) in [7, 11) is 1.99. The zero-order valence-electron chi connectivity index (χ0n) is 10.6. The molecule has 1 aliphatic carbocycles. The van der Waals surface area contributed by atoms with E-state index in [0.29, 0.717) is 12.0 Å². The second-order valence-corrected chi connectivity index (χ2v) is 5.61. The third-order valence-corrected chi connectivity index (χ3v) is 4.20. The van der Waals surface area contributed by atoms with Gasteiger partial charge in [0.1, 0.15) is 0 Å². The number of aryl methyl sites for hydroxylation is 1. The molecule has 0 spiro atoms. The molecule has 0 radical (unpaired) electrons. The van der Waals surface area contributed by atoms with Crippen LogP contribution in [0.15, 0.2) is 4.60 Å². The predicted molar refractivity (Wildman–Crippen MR) is 72.0 cm³/mol. The van der Waals surface area contributed by atoms with Crippen molar-refractivity contribution in [2.75, 3.05) is 6.54 Å². The van der Waals surface area contributed by atoms with E-state index >= 15 is 0 Å². The van der Waals surface area contributed by atoms with Crippen LogP contribution in [0.4, 0.5) is 0 Å². The van der Waals surface area contributed by atoms with Crippen LogP contribution in [0.3, 0.4) is 0 Å².